The first-order valence-corrected chi connectivity index (χ1v) is 7.32. The summed E-state index contributed by atoms with van der Waals surface area (Å²) in [6.45, 7) is 2.56. The fourth-order valence-corrected chi connectivity index (χ4v) is 2.23. The Kier molecular flexibility index (Phi) is 5.48. The van der Waals surface area contributed by atoms with Crippen molar-refractivity contribution in [3.8, 4) is 0 Å². The highest BCUT2D eigenvalue weighted by Crippen LogP contribution is 2.19. The Morgan fingerprint density at radius 2 is 1.90 bits per heavy atom. The third kappa shape index (κ3) is 4.66. The Hall–Kier alpha value is -1.71. The van der Waals surface area contributed by atoms with Gasteiger partial charge in [-0.1, -0.05) is 47.5 Å². The van der Waals surface area contributed by atoms with E-state index in [1.165, 1.54) is 0 Å². The summed E-state index contributed by atoms with van der Waals surface area (Å²) in [5, 5.41) is 7.19. The molecular formula is C16H16Cl2N2O. The third-order valence-corrected chi connectivity index (χ3v) is 3.68. The second-order valence-electron chi connectivity index (χ2n) is 4.68. The maximum Gasteiger partial charge on any atom is 0.239 e. The first-order valence-electron chi connectivity index (χ1n) is 6.56. The van der Waals surface area contributed by atoms with Crippen molar-refractivity contribution in [1.29, 1.82) is 0 Å². The maximum absolute atomic E-state index is 11.8. The first kappa shape index (κ1) is 15.7. The maximum atomic E-state index is 11.8. The predicted molar refractivity (Wildman–Crippen MR) is 88.0 cm³/mol. The van der Waals surface area contributed by atoms with Gasteiger partial charge in [0.05, 0.1) is 6.54 Å². The molecule has 110 valence electrons. The number of hydrogen-bond acceptors (Lipinski definition) is 2. The van der Waals surface area contributed by atoms with Gasteiger partial charge in [0, 0.05) is 22.3 Å². The van der Waals surface area contributed by atoms with Gasteiger partial charge in [0.2, 0.25) is 5.91 Å². The van der Waals surface area contributed by atoms with Crippen LogP contribution in [-0.4, -0.2) is 12.5 Å². The third-order valence-electron chi connectivity index (χ3n) is 3.07. The Bertz CT molecular complexity index is 644. The van der Waals surface area contributed by atoms with E-state index in [2.05, 4.69) is 10.6 Å². The molecule has 0 heterocycles. The Morgan fingerprint density at radius 3 is 2.67 bits per heavy atom. The fourth-order valence-electron chi connectivity index (χ4n) is 1.86. The van der Waals surface area contributed by atoms with E-state index in [4.69, 9.17) is 23.2 Å². The van der Waals surface area contributed by atoms with Crippen molar-refractivity contribution >= 4 is 34.8 Å². The molecule has 0 spiro atoms. The highest BCUT2D eigenvalue weighted by Gasteiger charge is 2.05. The number of carbonyl (C=O) groups excluding carboxylic acids is 1. The van der Waals surface area contributed by atoms with E-state index in [9.17, 15) is 4.79 Å². The summed E-state index contributed by atoms with van der Waals surface area (Å²) in [5.74, 6) is -0.103. The number of aryl methyl sites for hydroxylation is 1. The highest BCUT2D eigenvalue weighted by molar-refractivity contribution is 6.31. The normalized spacial score (nSPS) is 10.2. The molecule has 0 fully saturated rings. The van der Waals surface area contributed by atoms with Gasteiger partial charge in [-0.05, 0) is 36.2 Å². The molecule has 2 aromatic rings. The topological polar surface area (TPSA) is 41.1 Å². The summed E-state index contributed by atoms with van der Waals surface area (Å²) in [6.07, 6.45) is 0. The molecule has 0 aliphatic carbocycles. The van der Waals surface area contributed by atoms with Crippen LogP contribution in [0.1, 0.15) is 11.1 Å². The number of anilines is 1. The fraction of sp³-hybridized carbons (Fsp3) is 0.188. The molecule has 0 aliphatic rings. The van der Waals surface area contributed by atoms with Gasteiger partial charge >= 0.3 is 0 Å². The van der Waals surface area contributed by atoms with Gasteiger partial charge in [0.25, 0.3) is 0 Å². The predicted octanol–water partition coefficient (Wildman–Crippen LogP) is 4.03. The van der Waals surface area contributed by atoms with Crippen molar-refractivity contribution in [2.24, 2.45) is 0 Å². The molecule has 0 radical (unpaired) electrons. The van der Waals surface area contributed by atoms with E-state index in [-0.39, 0.29) is 12.5 Å². The Morgan fingerprint density at radius 1 is 1.14 bits per heavy atom. The van der Waals surface area contributed by atoms with E-state index >= 15 is 0 Å². The van der Waals surface area contributed by atoms with Crippen LogP contribution in [0.5, 0.6) is 0 Å². The molecule has 2 aromatic carbocycles. The summed E-state index contributed by atoms with van der Waals surface area (Å²) in [6, 6.07) is 13.0. The van der Waals surface area contributed by atoms with Gasteiger partial charge in [-0.15, -0.1) is 0 Å². The lowest BCUT2D eigenvalue weighted by Crippen LogP contribution is -2.29. The molecule has 0 bridgehead atoms. The quantitative estimate of drug-likeness (QED) is 0.872. The van der Waals surface area contributed by atoms with Crippen molar-refractivity contribution in [1.82, 2.24) is 5.32 Å². The smallest absolute Gasteiger partial charge is 0.239 e. The van der Waals surface area contributed by atoms with Crippen LogP contribution in [0, 0.1) is 6.92 Å². The molecule has 2 rings (SSSR count). The van der Waals surface area contributed by atoms with E-state index in [1.807, 2.05) is 37.3 Å². The van der Waals surface area contributed by atoms with E-state index in [0.717, 1.165) is 16.8 Å². The number of nitrogens with one attached hydrogen (secondary N) is 2. The summed E-state index contributed by atoms with van der Waals surface area (Å²) < 4.78 is 0. The minimum Gasteiger partial charge on any atom is -0.376 e. The SMILES string of the molecule is Cc1ccc(Cl)cc1NCC(=O)NCc1ccccc1Cl. The van der Waals surface area contributed by atoms with Crippen molar-refractivity contribution in [2.75, 3.05) is 11.9 Å². The summed E-state index contributed by atoms with van der Waals surface area (Å²) in [7, 11) is 0. The molecule has 1 amide bonds. The van der Waals surface area contributed by atoms with Gasteiger partial charge in [-0.3, -0.25) is 4.79 Å². The number of halogens is 2. The average molecular weight is 323 g/mol. The molecule has 5 heteroatoms. The van der Waals surface area contributed by atoms with Gasteiger partial charge in [0.15, 0.2) is 0 Å². The monoisotopic (exact) mass is 322 g/mol. The van der Waals surface area contributed by atoms with Crippen LogP contribution in [0.2, 0.25) is 10.0 Å². The van der Waals surface area contributed by atoms with Gasteiger partial charge in [-0.2, -0.15) is 0 Å². The van der Waals surface area contributed by atoms with E-state index < -0.39 is 0 Å². The lowest BCUT2D eigenvalue weighted by atomic mass is 10.2. The minimum atomic E-state index is -0.103. The van der Waals surface area contributed by atoms with Gasteiger partial charge in [-0.25, -0.2) is 0 Å². The average Bonchev–Trinajstić information content (AvgIpc) is 2.47. The second kappa shape index (κ2) is 7.34. The molecule has 2 N–H and O–H groups in total. The van der Waals surface area contributed by atoms with E-state index in [0.29, 0.717) is 16.6 Å². The van der Waals surface area contributed by atoms with Crippen LogP contribution in [0.25, 0.3) is 0 Å². The first-order chi connectivity index (χ1) is 10.1. The minimum absolute atomic E-state index is 0.103. The van der Waals surface area contributed by atoms with Crippen LogP contribution in [0.4, 0.5) is 5.69 Å². The molecule has 0 saturated carbocycles. The van der Waals surface area contributed by atoms with Crippen molar-refractivity contribution in [2.45, 2.75) is 13.5 Å². The lowest BCUT2D eigenvalue weighted by molar-refractivity contribution is -0.119. The molecule has 0 saturated heterocycles. The van der Waals surface area contributed by atoms with Gasteiger partial charge < -0.3 is 10.6 Å². The standard InChI is InChI=1S/C16H16Cl2N2O/c1-11-6-7-13(17)8-15(11)19-10-16(21)20-9-12-4-2-3-5-14(12)18/h2-8,19H,9-10H2,1H3,(H,20,21). The van der Waals surface area contributed by atoms with E-state index in [1.54, 1.807) is 12.1 Å². The molecule has 0 atom stereocenters. The molecule has 0 aromatic heterocycles. The van der Waals surface area contributed by atoms with Crippen molar-refractivity contribution < 1.29 is 4.79 Å². The number of amides is 1. The summed E-state index contributed by atoms with van der Waals surface area (Å²) in [4.78, 5) is 11.8. The number of rotatable bonds is 5. The molecular weight excluding hydrogens is 307 g/mol. The zero-order valence-electron chi connectivity index (χ0n) is 11.6. The van der Waals surface area contributed by atoms with Crippen LogP contribution in [0.3, 0.4) is 0 Å². The highest BCUT2D eigenvalue weighted by atomic mass is 35.5. The zero-order chi connectivity index (χ0) is 15.2. The molecule has 21 heavy (non-hydrogen) atoms. The zero-order valence-corrected chi connectivity index (χ0v) is 13.1. The van der Waals surface area contributed by atoms with Crippen LogP contribution < -0.4 is 10.6 Å². The van der Waals surface area contributed by atoms with Crippen LogP contribution in [-0.2, 0) is 11.3 Å². The van der Waals surface area contributed by atoms with Gasteiger partial charge in [0.1, 0.15) is 0 Å². The number of benzene rings is 2. The van der Waals surface area contributed by atoms with Crippen LogP contribution in [0.15, 0.2) is 42.5 Å². The number of carbonyl (C=O) groups is 1. The second-order valence-corrected chi connectivity index (χ2v) is 5.52. The van der Waals surface area contributed by atoms with Crippen molar-refractivity contribution in [3.63, 3.8) is 0 Å². The van der Waals surface area contributed by atoms with Crippen molar-refractivity contribution in [3.05, 3.63) is 63.6 Å². The molecule has 3 nitrogen and oxygen atoms in total. The number of hydrogen-bond donors (Lipinski definition) is 2. The summed E-state index contributed by atoms with van der Waals surface area (Å²) >= 11 is 12.0. The Balaban J connectivity index is 1.85. The Labute approximate surface area is 134 Å². The molecule has 0 unspecified atom stereocenters. The van der Waals surface area contributed by atoms with Crippen LogP contribution >= 0.6 is 23.2 Å². The largest absolute Gasteiger partial charge is 0.376 e. The molecule has 0 aliphatic heterocycles. The summed E-state index contributed by atoms with van der Waals surface area (Å²) in [5.41, 5.74) is 2.79. The lowest BCUT2D eigenvalue weighted by Gasteiger charge is -2.11.